The highest BCUT2D eigenvalue weighted by Gasteiger charge is 2.22. The Morgan fingerprint density at radius 1 is 0.927 bits per heavy atom. The number of amides is 2. The number of carbonyl (C=O) groups excluding carboxylic acids is 2. The molecule has 0 saturated heterocycles. The van der Waals surface area contributed by atoms with Crippen molar-refractivity contribution in [2.24, 2.45) is 0 Å². The summed E-state index contributed by atoms with van der Waals surface area (Å²) in [5.74, 6) is -0.382. The van der Waals surface area contributed by atoms with Crippen LogP contribution in [0, 0.1) is 12.7 Å². The molecule has 8 heteroatoms. The summed E-state index contributed by atoms with van der Waals surface area (Å²) in [7, 11) is 1.53. The molecule has 4 aromatic carbocycles. The van der Waals surface area contributed by atoms with Gasteiger partial charge in [0.25, 0.3) is 5.91 Å². The predicted molar refractivity (Wildman–Crippen MR) is 157 cm³/mol. The lowest BCUT2D eigenvalue weighted by Gasteiger charge is -2.23. The Morgan fingerprint density at radius 2 is 1.66 bits per heavy atom. The summed E-state index contributed by atoms with van der Waals surface area (Å²) in [6, 6.07) is 30.6. The maximum atomic E-state index is 14.5. The van der Waals surface area contributed by atoms with Gasteiger partial charge in [-0.25, -0.2) is 9.37 Å². The van der Waals surface area contributed by atoms with E-state index in [1.54, 1.807) is 54.1 Å². The van der Waals surface area contributed by atoms with Gasteiger partial charge in [0.15, 0.2) is 0 Å². The maximum absolute atomic E-state index is 14.5. The van der Waals surface area contributed by atoms with Crippen LogP contribution in [0.5, 0.6) is 5.75 Å². The van der Waals surface area contributed by atoms with Gasteiger partial charge in [-0.3, -0.25) is 19.5 Å². The second-order valence-corrected chi connectivity index (χ2v) is 9.55. The SMILES string of the molecule is COc1cccc(C(=O)N(CC(=O)Nc2nc(-c3ccccc3)cn2-c2ccc(C)c(F)c2)Cc2ccccc2)c1. The number of carbonyl (C=O) groups is 2. The Bertz CT molecular complexity index is 1670. The van der Waals surface area contributed by atoms with Crippen LogP contribution in [0.2, 0.25) is 0 Å². The van der Waals surface area contributed by atoms with E-state index in [2.05, 4.69) is 10.3 Å². The van der Waals surface area contributed by atoms with Crippen molar-refractivity contribution in [3.05, 3.63) is 132 Å². The molecule has 5 rings (SSSR count). The smallest absolute Gasteiger partial charge is 0.254 e. The maximum Gasteiger partial charge on any atom is 0.254 e. The van der Waals surface area contributed by atoms with Crippen LogP contribution in [0.1, 0.15) is 21.5 Å². The molecule has 0 unspecified atom stereocenters. The molecule has 0 aliphatic carbocycles. The van der Waals surface area contributed by atoms with Gasteiger partial charge in [-0.05, 0) is 48.4 Å². The van der Waals surface area contributed by atoms with Crippen molar-refractivity contribution in [2.75, 3.05) is 19.0 Å². The van der Waals surface area contributed by atoms with E-state index < -0.39 is 5.91 Å². The van der Waals surface area contributed by atoms with Crippen molar-refractivity contribution in [2.45, 2.75) is 13.5 Å². The number of hydrogen-bond donors (Lipinski definition) is 1. The third-order valence-corrected chi connectivity index (χ3v) is 6.61. The van der Waals surface area contributed by atoms with E-state index in [0.717, 1.165) is 11.1 Å². The van der Waals surface area contributed by atoms with Crippen LogP contribution in [-0.4, -0.2) is 39.9 Å². The van der Waals surface area contributed by atoms with E-state index in [1.165, 1.54) is 18.1 Å². The molecule has 2 amide bonds. The van der Waals surface area contributed by atoms with Gasteiger partial charge in [0.1, 0.15) is 18.1 Å². The number of hydrogen-bond acceptors (Lipinski definition) is 4. The molecule has 0 saturated carbocycles. The number of methoxy groups -OCH3 is 1. The summed E-state index contributed by atoms with van der Waals surface area (Å²) in [5.41, 5.74) is 3.74. The van der Waals surface area contributed by atoms with Crippen molar-refractivity contribution in [3.8, 4) is 22.7 Å². The molecule has 1 heterocycles. The largest absolute Gasteiger partial charge is 0.497 e. The average Bonchev–Trinajstić information content (AvgIpc) is 3.42. The number of nitrogens with zero attached hydrogens (tertiary/aromatic N) is 3. The van der Waals surface area contributed by atoms with E-state index in [4.69, 9.17) is 4.74 Å². The van der Waals surface area contributed by atoms with E-state index in [1.807, 2.05) is 60.7 Å². The minimum Gasteiger partial charge on any atom is -0.497 e. The second-order valence-electron chi connectivity index (χ2n) is 9.55. The van der Waals surface area contributed by atoms with E-state index in [9.17, 15) is 14.0 Å². The van der Waals surface area contributed by atoms with Gasteiger partial charge in [-0.1, -0.05) is 72.8 Å². The molecule has 0 spiro atoms. The Balaban J connectivity index is 1.45. The van der Waals surface area contributed by atoms with E-state index in [0.29, 0.717) is 28.3 Å². The molecule has 0 fully saturated rings. The zero-order valence-electron chi connectivity index (χ0n) is 22.8. The van der Waals surface area contributed by atoms with Gasteiger partial charge in [0.2, 0.25) is 11.9 Å². The molecule has 41 heavy (non-hydrogen) atoms. The van der Waals surface area contributed by atoms with Gasteiger partial charge in [0.05, 0.1) is 18.5 Å². The Kier molecular flexibility index (Phi) is 8.20. The number of rotatable bonds is 9. The minimum atomic E-state index is -0.448. The lowest BCUT2D eigenvalue weighted by molar-refractivity contribution is -0.117. The van der Waals surface area contributed by atoms with Crippen LogP contribution in [0.3, 0.4) is 0 Å². The molecule has 0 bridgehead atoms. The van der Waals surface area contributed by atoms with Gasteiger partial charge >= 0.3 is 0 Å². The zero-order chi connectivity index (χ0) is 28.8. The number of halogens is 1. The Hall–Kier alpha value is -5.24. The minimum absolute atomic E-state index is 0.214. The van der Waals surface area contributed by atoms with Crippen LogP contribution in [0.25, 0.3) is 16.9 Å². The van der Waals surface area contributed by atoms with Gasteiger partial charge in [-0.15, -0.1) is 0 Å². The summed E-state index contributed by atoms with van der Waals surface area (Å²) in [4.78, 5) is 33.2. The summed E-state index contributed by atoms with van der Waals surface area (Å²) in [6.45, 7) is 1.67. The fourth-order valence-electron chi connectivity index (χ4n) is 4.42. The fourth-order valence-corrected chi connectivity index (χ4v) is 4.42. The number of nitrogens with one attached hydrogen (secondary N) is 1. The molecule has 0 radical (unpaired) electrons. The highest BCUT2D eigenvalue weighted by molar-refractivity contribution is 5.99. The predicted octanol–water partition coefficient (Wildman–Crippen LogP) is 6.28. The lowest BCUT2D eigenvalue weighted by Crippen LogP contribution is -2.38. The summed E-state index contributed by atoms with van der Waals surface area (Å²) in [5, 5.41) is 2.85. The summed E-state index contributed by atoms with van der Waals surface area (Å²) < 4.78 is 21.4. The van der Waals surface area contributed by atoms with Gasteiger partial charge in [-0.2, -0.15) is 0 Å². The third-order valence-electron chi connectivity index (χ3n) is 6.61. The van der Waals surface area contributed by atoms with Crippen LogP contribution in [0.4, 0.5) is 10.3 Å². The Morgan fingerprint density at radius 3 is 2.37 bits per heavy atom. The van der Waals surface area contributed by atoms with Crippen molar-refractivity contribution in [3.63, 3.8) is 0 Å². The van der Waals surface area contributed by atoms with Crippen LogP contribution >= 0.6 is 0 Å². The van der Waals surface area contributed by atoms with Crippen molar-refractivity contribution < 1.29 is 18.7 Å². The van der Waals surface area contributed by atoms with E-state index >= 15 is 0 Å². The van der Waals surface area contributed by atoms with Crippen molar-refractivity contribution >= 4 is 17.8 Å². The summed E-state index contributed by atoms with van der Waals surface area (Å²) >= 11 is 0. The standard InChI is InChI=1S/C33H29FN4O3/c1-23-16-17-27(19-29(23)34)38-21-30(25-12-7-4-8-13-25)35-33(38)36-31(39)22-37(20-24-10-5-3-6-11-24)32(40)26-14-9-15-28(18-26)41-2/h3-19,21H,20,22H2,1-2H3,(H,35,36,39). The van der Waals surface area contributed by atoms with E-state index in [-0.39, 0.29) is 30.8 Å². The average molecular weight is 549 g/mol. The molecule has 0 atom stereocenters. The first-order valence-corrected chi connectivity index (χ1v) is 13.1. The van der Waals surface area contributed by atoms with Gasteiger partial charge in [0, 0.05) is 23.9 Å². The molecular formula is C33H29FN4O3. The molecule has 5 aromatic rings. The molecule has 0 aliphatic heterocycles. The normalized spacial score (nSPS) is 10.7. The number of aromatic nitrogens is 2. The first kappa shape index (κ1) is 27.3. The highest BCUT2D eigenvalue weighted by Crippen LogP contribution is 2.25. The van der Waals surface area contributed by atoms with Crippen molar-refractivity contribution in [1.82, 2.24) is 14.5 Å². The quantitative estimate of drug-likeness (QED) is 0.235. The summed E-state index contributed by atoms with van der Waals surface area (Å²) in [6.07, 6.45) is 1.75. The first-order chi connectivity index (χ1) is 19.9. The monoisotopic (exact) mass is 548 g/mol. The molecular weight excluding hydrogens is 519 g/mol. The molecule has 0 aliphatic rings. The molecule has 7 nitrogen and oxygen atoms in total. The van der Waals surface area contributed by atoms with Crippen molar-refractivity contribution in [1.29, 1.82) is 0 Å². The number of imidazole rings is 1. The molecule has 1 aromatic heterocycles. The molecule has 206 valence electrons. The fraction of sp³-hybridized carbons (Fsp3) is 0.121. The number of ether oxygens (including phenoxy) is 1. The van der Waals surface area contributed by atoms with Crippen LogP contribution in [0.15, 0.2) is 109 Å². The second kappa shape index (κ2) is 12.3. The molecule has 1 N–H and O–H groups in total. The highest BCUT2D eigenvalue weighted by atomic mass is 19.1. The zero-order valence-corrected chi connectivity index (χ0v) is 22.8. The Labute approximate surface area is 237 Å². The lowest BCUT2D eigenvalue weighted by atomic mass is 10.1. The number of aryl methyl sites for hydroxylation is 1. The van der Waals surface area contributed by atoms with Crippen LogP contribution in [-0.2, 0) is 11.3 Å². The number of anilines is 1. The third kappa shape index (κ3) is 6.50. The van der Waals surface area contributed by atoms with Crippen LogP contribution < -0.4 is 10.1 Å². The van der Waals surface area contributed by atoms with Gasteiger partial charge < -0.3 is 9.64 Å². The topological polar surface area (TPSA) is 76.5 Å². The first-order valence-electron chi connectivity index (χ1n) is 13.1. The number of benzene rings is 4.